The summed E-state index contributed by atoms with van der Waals surface area (Å²) in [4.78, 5) is 26.4. The minimum Gasteiger partial charge on any atom is -0.460 e. The molecule has 1 N–H and O–H groups in total. The van der Waals surface area contributed by atoms with Crippen molar-refractivity contribution >= 4 is 22.1 Å². The van der Waals surface area contributed by atoms with Gasteiger partial charge in [0.2, 0.25) is 0 Å². The molecule has 4 bridgehead atoms. The van der Waals surface area contributed by atoms with Crippen LogP contribution in [0.4, 0.5) is 8.78 Å². The van der Waals surface area contributed by atoms with Gasteiger partial charge in [-0.1, -0.05) is 12.8 Å². The van der Waals surface area contributed by atoms with Crippen molar-refractivity contribution in [3.8, 4) is 0 Å². The molecule has 2 saturated heterocycles. The van der Waals surface area contributed by atoms with Gasteiger partial charge in [-0.05, 0) is 76.0 Å². The fourth-order valence-corrected chi connectivity index (χ4v) is 10.4. The van der Waals surface area contributed by atoms with Gasteiger partial charge in [0.25, 0.3) is 0 Å². The van der Waals surface area contributed by atoms with E-state index in [1.807, 2.05) is 0 Å². The van der Waals surface area contributed by atoms with E-state index in [9.17, 15) is 26.8 Å². The molecule has 0 aromatic heterocycles. The lowest BCUT2D eigenvalue weighted by Crippen LogP contribution is -2.58. The monoisotopic (exact) mass is 662 g/mol. The fraction of sp³-hybridized carbons (Fsp3) is 0.935. The van der Waals surface area contributed by atoms with Crippen LogP contribution in [-0.2, 0) is 48.1 Å². The zero-order chi connectivity index (χ0) is 31.7. The third-order valence-electron chi connectivity index (χ3n) is 11.6. The van der Waals surface area contributed by atoms with E-state index >= 15 is 0 Å². The van der Waals surface area contributed by atoms with Gasteiger partial charge < -0.3 is 28.4 Å². The molecule has 0 radical (unpaired) electrons. The van der Waals surface area contributed by atoms with Crippen molar-refractivity contribution in [2.45, 2.75) is 138 Å². The zero-order valence-electron chi connectivity index (χ0n) is 25.5. The highest BCUT2D eigenvalue weighted by molar-refractivity contribution is 7.87. The van der Waals surface area contributed by atoms with Crippen LogP contribution in [-0.4, -0.2) is 79.9 Å². The lowest BCUT2D eigenvalue weighted by molar-refractivity contribution is -0.231. The van der Waals surface area contributed by atoms with Crippen molar-refractivity contribution < 1.29 is 59.8 Å². The number of halogens is 2. The Balaban J connectivity index is 1.10. The van der Waals surface area contributed by atoms with Gasteiger partial charge in [-0.15, -0.1) is 0 Å². The highest BCUT2D eigenvalue weighted by atomic mass is 32.2. The summed E-state index contributed by atoms with van der Waals surface area (Å²) in [6.45, 7) is 0.0719. The summed E-state index contributed by atoms with van der Waals surface area (Å²) in [7, 11) is -5.98. The first kappa shape index (κ1) is 32.1. The average molecular weight is 663 g/mol. The van der Waals surface area contributed by atoms with E-state index in [4.69, 9.17) is 33.0 Å². The molecule has 6 saturated carbocycles. The minimum absolute atomic E-state index is 0.103. The summed E-state index contributed by atoms with van der Waals surface area (Å²) in [6.07, 6.45) is 10.9. The molecule has 45 heavy (non-hydrogen) atoms. The van der Waals surface area contributed by atoms with Crippen molar-refractivity contribution in [2.24, 2.45) is 22.7 Å². The normalized spacial score (nSPS) is 39.3. The molecule has 8 fully saturated rings. The molecule has 4 unspecified atom stereocenters. The van der Waals surface area contributed by atoms with Crippen molar-refractivity contribution in [2.75, 3.05) is 19.8 Å². The van der Waals surface area contributed by atoms with Gasteiger partial charge in [0.15, 0.2) is 17.7 Å². The second-order valence-electron chi connectivity index (χ2n) is 15.1. The van der Waals surface area contributed by atoms with Crippen molar-refractivity contribution in [3.05, 3.63) is 0 Å². The van der Waals surface area contributed by atoms with Gasteiger partial charge >= 0.3 is 27.3 Å². The maximum absolute atomic E-state index is 14.4. The number of rotatable bonds is 8. The van der Waals surface area contributed by atoms with Gasteiger partial charge in [0.1, 0.15) is 12.2 Å². The molecule has 254 valence electrons. The summed E-state index contributed by atoms with van der Waals surface area (Å²) < 4.78 is 95.9. The molecule has 0 aromatic carbocycles. The van der Waals surface area contributed by atoms with Gasteiger partial charge in [0.05, 0.1) is 25.2 Å². The Kier molecular flexibility index (Phi) is 8.08. The Bertz CT molecular complexity index is 1230. The van der Waals surface area contributed by atoms with E-state index in [1.165, 1.54) is 0 Å². The lowest BCUT2D eigenvalue weighted by Gasteiger charge is -2.60. The first-order valence-electron chi connectivity index (χ1n) is 16.6. The zero-order valence-corrected chi connectivity index (χ0v) is 26.3. The molecule has 0 aromatic rings. The quantitative estimate of drug-likeness (QED) is 0.286. The Morgan fingerprint density at radius 3 is 1.84 bits per heavy atom. The predicted molar refractivity (Wildman–Crippen MR) is 150 cm³/mol. The van der Waals surface area contributed by atoms with Crippen molar-refractivity contribution in [3.63, 3.8) is 0 Å². The van der Waals surface area contributed by atoms with Crippen LogP contribution in [0.2, 0.25) is 0 Å². The standard InChI is InChI=1S/C31H44F2O11S/c32-31(33,45(36,37)38)26(35)39-19-27-12-20-11-21(13-27)15-28(14-20,18-27)25(34)42-24(22-16-40-29(43-22)7-3-1-4-8-29)23-17-41-30(44-23)9-5-2-6-10-30/h20-24H,1-19H2,(H,36,37,38). The molecule has 8 aliphatic rings. The van der Waals surface area contributed by atoms with Crippen LogP contribution in [0.5, 0.6) is 0 Å². The van der Waals surface area contributed by atoms with Gasteiger partial charge in [0, 0.05) is 31.1 Å². The van der Waals surface area contributed by atoms with E-state index in [0.29, 0.717) is 25.7 Å². The van der Waals surface area contributed by atoms with Gasteiger partial charge in [-0.2, -0.15) is 17.2 Å². The fourth-order valence-electron chi connectivity index (χ4n) is 10.1. The van der Waals surface area contributed by atoms with E-state index in [2.05, 4.69) is 0 Å². The summed E-state index contributed by atoms with van der Waals surface area (Å²) in [5, 5.41) is -5.07. The molecule has 14 heteroatoms. The first-order chi connectivity index (χ1) is 21.3. The Morgan fingerprint density at radius 1 is 0.844 bits per heavy atom. The molecular weight excluding hydrogens is 618 g/mol. The van der Waals surface area contributed by atoms with Gasteiger partial charge in [-0.3, -0.25) is 9.35 Å². The molecule has 4 atom stereocenters. The van der Waals surface area contributed by atoms with Crippen LogP contribution in [0.1, 0.15) is 103 Å². The number of esters is 2. The van der Waals surface area contributed by atoms with Crippen LogP contribution in [0, 0.1) is 22.7 Å². The lowest BCUT2D eigenvalue weighted by atomic mass is 9.44. The van der Waals surface area contributed by atoms with E-state index in [0.717, 1.165) is 70.6 Å². The molecule has 2 spiro atoms. The number of ether oxygens (including phenoxy) is 6. The summed E-state index contributed by atoms with van der Waals surface area (Å²) in [6, 6.07) is 0. The largest absolute Gasteiger partial charge is 0.465 e. The number of hydrogen-bond donors (Lipinski definition) is 1. The maximum Gasteiger partial charge on any atom is 0.465 e. The minimum atomic E-state index is -5.98. The van der Waals surface area contributed by atoms with Crippen molar-refractivity contribution in [1.82, 2.24) is 0 Å². The summed E-state index contributed by atoms with van der Waals surface area (Å²) >= 11 is 0. The van der Waals surface area contributed by atoms with E-state index in [1.54, 1.807) is 0 Å². The van der Waals surface area contributed by atoms with Crippen LogP contribution in [0.25, 0.3) is 0 Å². The van der Waals surface area contributed by atoms with Crippen LogP contribution in [0.3, 0.4) is 0 Å². The van der Waals surface area contributed by atoms with E-state index < -0.39 is 74.6 Å². The Morgan fingerprint density at radius 2 is 1.36 bits per heavy atom. The summed E-state index contributed by atoms with van der Waals surface area (Å²) in [5.74, 6) is -3.88. The SMILES string of the molecule is O=C(OC(C1COC2(CCCCC2)O1)C1COC2(CCCCC2)O1)C12CC3CC(CC(COC(=O)C(F)(F)S(=O)(=O)O)(C3)C1)C2. The molecule has 11 nitrogen and oxygen atoms in total. The van der Waals surface area contributed by atoms with Crippen LogP contribution in [0.15, 0.2) is 0 Å². The molecule has 0 amide bonds. The third-order valence-corrected chi connectivity index (χ3v) is 12.5. The highest BCUT2D eigenvalue weighted by Gasteiger charge is 2.64. The number of hydrogen-bond acceptors (Lipinski definition) is 10. The smallest absolute Gasteiger partial charge is 0.460 e. The highest BCUT2D eigenvalue weighted by Crippen LogP contribution is 2.66. The maximum atomic E-state index is 14.4. The molecule has 6 aliphatic carbocycles. The molecule has 8 rings (SSSR count). The van der Waals surface area contributed by atoms with Crippen LogP contribution < -0.4 is 0 Å². The second-order valence-corrected chi connectivity index (χ2v) is 16.5. The number of carbonyl (C=O) groups is 2. The van der Waals surface area contributed by atoms with E-state index in [-0.39, 0.29) is 31.5 Å². The molecule has 2 aliphatic heterocycles. The summed E-state index contributed by atoms with van der Waals surface area (Å²) in [5.41, 5.74) is -1.69. The molecular formula is C31H44F2O11S. The Hall–Kier alpha value is -1.45. The average Bonchev–Trinajstić information content (AvgIpc) is 3.58. The number of carbonyl (C=O) groups excluding carboxylic acids is 2. The third kappa shape index (κ3) is 5.83. The first-order valence-corrected chi connectivity index (χ1v) is 18.1. The molecule has 2 heterocycles. The second kappa shape index (κ2) is 11.3. The predicted octanol–water partition coefficient (Wildman–Crippen LogP) is 4.66. The topological polar surface area (TPSA) is 144 Å². The van der Waals surface area contributed by atoms with Gasteiger partial charge in [-0.25, -0.2) is 4.79 Å². The van der Waals surface area contributed by atoms with Crippen molar-refractivity contribution in [1.29, 1.82) is 0 Å². The number of alkyl halides is 2. The van der Waals surface area contributed by atoms with Crippen LogP contribution >= 0.6 is 0 Å². The Labute approximate surface area is 262 Å².